The van der Waals surface area contributed by atoms with Crippen molar-refractivity contribution in [3.63, 3.8) is 0 Å². The largest absolute Gasteiger partial charge is 1.00 e. The number of hydrogen-bond acceptors (Lipinski definition) is 2. The summed E-state index contributed by atoms with van der Waals surface area (Å²) in [6, 6.07) is 10.5. The van der Waals surface area contributed by atoms with Gasteiger partial charge in [0.1, 0.15) is 0 Å². The smallest absolute Gasteiger partial charge is 0.727 e. The molecule has 0 amide bonds. The zero-order valence-corrected chi connectivity index (χ0v) is 10.9. The maximum Gasteiger partial charge on any atom is 1.00 e. The van der Waals surface area contributed by atoms with Gasteiger partial charge in [0, 0.05) is 0 Å². The molecule has 0 bridgehead atoms. The van der Waals surface area contributed by atoms with E-state index >= 15 is 0 Å². The van der Waals surface area contributed by atoms with Crippen LogP contribution < -0.4 is 56.6 Å². The molecule has 0 radical (unpaired) electrons. The standard InChI is InChI=1S/C9H12.K.H2O2/c1-8(2)9-6-4-3-5-7-9;;1-2/h3-8H,1-2H3;;1-2H/q;+1;/p-1. The van der Waals surface area contributed by atoms with Crippen molar-refractivity contribution < 1.29 is 61.9 Å². The Balaban J connectivity index is 0. The summed E-state index contributed by atoms with van der Waals surface area (Å²) in [5.74, 6) is 0.659. The number of rotatable bonds is 1. The van der Waals surface area contributed by atoms with Crippen LogP contribution in [0.4, 0.5) is 0 Å². The van der Waals surface area contributed by atoms with Crippen molar-refractivity contribution in [2.45, 2.75) is 19.8 Å². The summed E-state index contributed by atoms with van der Waals surface area (Å²) in [6.07, 6.45) is 0. The SMILES string of the molecule is CC(C)c1ccccc1.[K+].[O-]O. The third-order valence-electron chi connectivity index (χ3n) is 1.47. The van der Waals surface area contributed by atoms with Crippen LogP contribution in [0.2, 0.25) is 0 Å². The molecule has 1 N–H and O–H groups in total. The maximum atomic E-state index is 7.25. The Morgan fingerprint density at radius 1 is 1.08 bits per heavy atom. The molecule has 12 heavy (non-hydrogen) atoms. The van der Waals surface area contributed by atoms with Crippen molar-refractivity contribution in [2.75, 3.05) is 0 Å². The zero-order chi connectivity index (χ0) is 8.69. The Kier molecular flexibility index (Phi) is 12.5. The summed E-state index contributed by atoms with van der Waals surface area (Å²) in [5.41, 5.74) is 1.41. The fourth-order valence-corrected chi connectivity index (χ4v) is 0.838. The van der Waals surface area contributed by atoms with Gasteiger partial charge in [0.05, 0.1) is 0 Å². The zero-order valence-electron chi connectivity index (χ0n) is 7.82. The van der Waals surface area contributed by atoms with E-state index in [1.165, 1.54) is 5.56 Å². The second kappa shape index (κ2) is 9.86. The predicted octanol–water partition coefficient (Wildman–Crippen LogP) is -1.37. The van der Waals surface area contributed by atoms with Crippen LogP contribution in [0, 0.1) is 0 Å². The maximum absolute atomic E-state index is 7.25. The number of hydrogen-bond donors (Lipinski definition) is 1. The Hall–Kier alpha value is 0.776. The van der Waals surface area contributed by atoms with E-state index in [1.54, 1.807) is 0 Å². The third-order valence-corrected chi connectivity index (χ3v) is 1.47. The van der Waals surface area contributed by atoms with Crippen LogP contribution >= 0.6 is 0 Å². The second-order valence-electron chi connectivity index (χ2n) is 2.57. The summed E-state index contributed by atoms with van der Waals surface area (Å²) < 4.78 is 0. The summed E-state index contributed by atoms with van der Waals surface area (Å²) in [6.45, 7) is 4.41. The van der Waals surface area contributed by atoms with Gasteiger partial charge in [-0.2, -0.15) is 0 Å². The van der Waals surface area contributed by atoms with Crippen molar-refractivity contribution >= 4 is 0 Å². The van der Waals surface area contributed by atoms with Crippen molar-refractivity contribution in [1.29, 1.82) is 0 Å². The van der Waals surface area contributed by atoms with E-state index in [0.717, 1.165) is 0 Å². The van der Waals surface area contributed by atoms with Gasteiger partial charge >= 0.3 is 51.4 Å². The van der Waals surface area contributed by atoms with Crippen LogP contribution in [-0.2, 0) is 0 Å². The quantitative estimate of drug-likeness (QED) is 0.339. The monoisotopic (exact) mass is 192 g/mol. The van der Waals surface area contributed by atoms with Gasteiger partial charge in [0.25, 0.3) is 0 Å². The first-order valence-corrected chi connectivity index (χ1v) is 3.54. The minimum atomic E-state index is 0. The molecule has 1 aromatic rings. The Morgan fingerprint density at radius 2 is 1.50 bits per heavy atom. The van der Waals surface area contributed by atoms with Gasteiger partial charge in [-0.25, -0.2) is 0 Å². The van der Waals surface area contributed by atoms with E-state index in [4.69, 9.17) is 10.5 Å². The van der Waals surface area contributed by atoms with Gasteiger partial charge in [0.15, 0.2) is 0 Å². The minimum Gasteiger partial charge on any atom is -0.727 e. The topological polar surface area (TPSA) is 43.3 Å². The summed E-state index contributed by atoms with van der Waals surface area (Å²) >= 11 is 0. The fourth-order valence-electron chi connectivity index (χ4n) is 0.838. The molecule has 2 nitrogen and oxygen atoms in total. The summed E-state index contributed by atoms with van der Waals surface area (Å²) in [5, 5.41) is 13.0. The van der Waals surface area contributed by atoms with Gasteiger partial charge < -0.3 is 10.5 Å². The fraction of sp³-hybridized carbons (Fsp3) is 0.333. The second-order valence-corrected chi connectivity index (χ2v) is 2.57. The van der Waals surface area contributed by atoms with Crippen LogP contribution in [0.15, 0.2) is 30.3 Å². The average Bonchev–Trinajstić information content (AvgIpc) is 2.10. The van der Waals surface area contributed by atoms with E-state index in [1.807, 2.05) is 6.07 Å². The Bertz CT molecular complexity index is 175. The molecule has 0 saturated heterocycles. The van der Waals surface area contributed by atoms with Gasteiger partial charge in [-0.1, -0.05) is 44.2 Å². The Labute approximate surface area is 116 Å². The molecule has 0 spiro atoms. The number of benzene rings is 1. The summed E-state index contributed by atoms with van der Waals surface area (Å²) in [4.78, 5) is 0. The molecule has 0 aliphatic carbocycles. The van der Waals surface area contributed by atoms with E-state index in [9.17, 15) is 0 Å². The molecular formula is C9H13KO2. The van der Waals surface area contributed by atoms with Gasteiger partial charge in [-0.3, -0.25) is 0 Å². The van der Waals surface area contributed by atoms with Crippen molar-refractivity contribution in [1.82, 2.24) is 0 Å². The molecule has 0 unspecified atom stereocenters. The van der Waals surface area contributed by atoms with E-state index < -0.39 is 0 Å². The third kappa shape index (κ3) is 6.31. The van der Waals surface area contributed by atoms with Gasteiger partial charge in [-0.05, 0) is 11.5 Å². The van der Waals surface area contributed by atoms with Crippen LogP contribution in [0.3, 0.4) is 0 Å². The molecule has 0 atom stereocenters. The molecular weight excluding hydrogens is 179 g/mol. The molecule has 0 heterocycles. The van der Waals surface area contributed by atoms with Crippen molar-refractivity contribution in [3.8, 4) is 0 Å². The van der Waals surface area contributed by atoms with Crippen LogP contribution in [0.5, 0.6) is 0 Å². The molecule has 0 aliphatic rings. The average molecular weight is 192 g/mol. The van der Waals surface area contributed by atoms with Crippen LogP contribution in [0.1, 0.15) is 25.3 Å². The summed E-state index contributed by atoms with van der Waals surface area (Å²) in [7, 11) is 0. The first kappa shape index (κ1) is 15.3. The molecule has 0 aliphatic heterocycles. The van der Waals surface area contributed by atoms with E-state index in [2.05, 4.69) is 38.1 Å². The molecule has 0 fully saturated rings. The van der Waals surface area contributed by atoms with Gasteiger partial charge in [0.2, 0.25) is 0 Å². The molecule has 3 heteroatoms. The van der Waals surface area contributed by atoms with Gasteiger partial charge in [-0.15, -0.1) is 0 Å². The Morgan fingerprint density at radius 3 is 1.75 bits per heavy atom. The molecule has 1 rings (SSSR count). The minimum absolute atomic E-state index is 0. The van der Waals surface area contributed by atoms with E-state index in [-0.39, 0.29) is 51.4 Å². The normalized spacial score (nSPS) is 8.08. The van der Waals surface area contributed by atoms with E-state index in [0.29, 0.717) is 5.92 Å². The van der Waals surface area contributed by atoms with Crippen molar-refractivity contribution in [3.05, 3.63) is 35.9 Å². The van der Waals surface area contributed by atoms with Crippen LogP contribution in [-0.4, -0.2) is 5.26 Å². The first-order chi connectivity index (χ1) is 5.30. The predicted molar refractivity (Wildman–Crippen MR) is 43.2 cm³/mol. The molecule has 1 aromatic carbocycles. The van der Waals surface area contributed by atoms with Crippen LogP contribution in [0.25, 0.3) is 0 Å². The molecule has 62 valence electrons. The molecule has 0 aromatic heterocycles. The molecule has 0 saturated carbocycles. The first-order valence-electron chi connectivity index (χ1n) is 3.54. The van der Waals surface area contributed by atoms with Crippen molar-refractivity contribution in [2.24, 2.45) is 0 Å².